The molecule has 4 heterocycles. The molecule has 0 amide bonds. The normalized spacial score (nSPS) is 42.2. The van der Waals surface area contributed by atoms with E-state index in [-0.39, 0.29) is 24.0 Å². The smallest absolute Gasteiger partial charge is 0.191 e. The Labute approximate surface area is 105 Å². The van der Waals surface area contributed by atoms with E-state index in [2.05, 4.69) is 9.98 Å². The van der Waals surface area contributed by atoms with Crippen molar-refractivity contribution < 1.29 is 18.9 Å². The summed E-state index contributed by atoms with van der Waals surface area (Å²) in [7, 11) is 0. The average molecular weight is 252 g/mol. The van der Waals surface area contributed by atoms with E-state index in [1.165, 1.54) is 0 Å². The first-order valence-corrected chi connectivity index (χ1v) is 6.51. The van der Waals surface area contributed by atoms with Gasteiger partial charge >= 0.3 is 0 Å². The van der Waals surface area contributed by atoms with Crippen LogP contribution < -0.4 is 0 Å². The molecular formula is C12H16N2O4. The number of ether oxygens (including phenoxy) is 4. The Morgan fingerprint density at radius 3 is 1.67 bits per heavy atom. The van der Waals surface area contributed by atoms with E-state index in [0.29, 0.717) is 26.4 Å². The minimum absolute atomic E-state index is 0.0405. The summed E-state index contributed by atoms with van der Waals surface area (Å²) < 4.78 is 22.8. The van der Waals surface area contributed by atoms with Crippen LogP contribution in [0.2, 0.25) is 0 Å². The highest BCUT2D eigenvalue weighted by Gasteiger charge is 2.52. The molecule has 4 rings (SSSR count). The monoisotopic (exact) mass is 252 g/mol. The van der Waals surface area contributed by atoms with Crippen LogP contribution >= 0.6 is 0 Å². The van der Waals surface area contributed by atoms with Crippen molar-refractivity contribution in [3.05, 3.63) is 0 Å². The lowest BCUT2D eigenvalue weighted by Gasteiger charge is -2.16. The minimum atomic E-state index is 0.0405. The number of nitrogens with zero attached hydrogens (tertiary/aromatic N) is 2. The summed E-state index contributed by atoms with van der Waals surface area (Å²) in [6.07, 6.45) is 0.0810. The molecule has 0 radical (unpaired) electrons. The van der Waals surface area contributed by atoms with E-state index < -0.39 is 0 Å². The molecule has 4 unspecified atom stereocenters. The van der Waals surface area contributed by atoms with Crippen LogP contribution in [0.15, 0.2) is 9.98 Å². The molecule has 0 bridgehead atoms. The van der Waals surface area contributed by atoms with E-state index in [4.69, 9.17) is 18.9 Å². The van der Waals surface area contributed by atoms with Crippen LogP contribution in [0.5, 0.6) is 0 Å². The zero-order valence-corrected chi connectivity index (χ0v) is 10.1. The Hall–Kier alpha value is -1.14. The summed E-state index contributed by atoms with van der Waals surface area (Å²) in [6.45, 7) is 4.12. The van der Waals surface area contributed by atoms with Crippen LogP contribution in [-0.4, -0.2) is 63.5 Å². The SMILES string of the molecule is C1COC(C2COC3C(C4=NCCO4)COC23)=N1. The van der Waals surface area contributed by atoms with Crippen LogP contribution in [0.1, 0.15) is 0 Å². The van der Waals surface area contributed by atoms with E-state index in [1.807, 2.05) is 0 Å². The highest BCUT2D eigenvalue weighted by Crippen LogP contribution is 2.37. The van der Waals surface area contributed by atoms with Gasteiger partial charge in [-0.15, -0.1) is 0 Å². The molecule has 18 heavy (non-hydrogen) atoms. The van der Waals surface area contributed by atoms with Gasteiger partial charge in [0, 0.05) is 0 Å². The van der Waals surface area contributed by atoms with Crippen molar-refractivity contribution >= 4 is 11.8 Å². The lowest BCUT2D eigenvalue weighted by Crippen LogP contribution is -2.33. The van der Waals surface area contributed by atoms with Crippen molar-refractivity contribution in [2.75, 3.05) is 39.5 Å². The van der Waals surface area contributed by atoms with Gasteiger partial charge in [-0.2, -0.15) is 0 Å². The van der Waals surface area contributed by atoms with Gasteiger partial charge in [0.05, 0.1) is 50.3 Å². The summed E-state index contributed by atoms with van der Waals surface area (Å²) in [5.74, 6) is 1.89. The molecule has 0 aromatic carbocycles. The Morgan fingerprint density at radius 1 is 0.778 bits per heavy atom. The Kier molecular flexibility index (Phi) is 2.51. The fourth-order valence-corrected chi connectivity index (χ4v) is 3.07. The van der Waals surface area contributed by atoms with Crippen molar-refractivity contribution in [2.24, 2.45) is 21.8 Å². The van der Waals surface area contributed by atoms with Gasteiger partial charge in [-0.25, -0.2) is 0 Å². The van der Waals surface area contributed by atoms with Gasteiger partial charge in [0.25, 0.3) is 0 Å². The summed E-state index contributed by atoms with van der Waals surface area (Å²) in [5, 5.41) is 0. The maximum absolute atomic E-state index is 5.88. The van der Waals surface area contributed by atoms with Crippen LogP contribution in [0, 0.1) is 11.8 Å². The van der Waals surface area contributed by atoms with Crippen molar-refractivity contribution in [3.63, 3.8) is 0 Å². The molecule has 4 aliphatic heterocycles. The maximum atomic E-state index is 5.88. The predicted octanol–water partition coefficient (Wildman–Crippen LogP) is -0.126. The van der Waals surface area contributed by atoms with Crippen molar-refractivity contribution in [2.45, 2.75) is 12.2 Å². The van der Waals surface area contributed by atoms with Crippen LogP contribution in [0.4, 0.5) is 0 Å². The predicted molar refractivity (Wildman–Crippen MR) is 63.0 cm³/mol. The van der Waals surface area contributed by atoms with E-state index in [0.717, 1.165) is 24.9 Å². The maximum Gasteiger partial charge on any atom is 0.191 e. The summed E-state index contributed by atoms with van der Waals surface area (Å²) in [5.41, 5.74) is 0. The third-order valence-corrected chi connectivity index (χ3v) is 3.91. The summed E-state index contributed by atoms with van der Waals surface area (Å²) in [6, 6.07) is 0. The van der Waals surface area contributed by atoms with Crippen LogP contribution in [0.3, 0.4) is 0 Å². The first-order valence-electron chi connectivity index (χ1n) is 6.51. The van der Waals surface area contributed by atoms with Gasteiger partial charge < -0.3 is 18.9 Å². The lowest BCUT2D eigenvalue weighted by molar-refractivity contribution is 0.0653. The molecular weight excluding hydrogens is 236 g/mol. The molecule has 4 aliphatic rings. The van der Waals surface area contributed by atoms with Gasteiger partial charge in [0.2, 0.25) is 0 Å². The molecule has 98 valence electrons. The summed E-state index contributed by atoms with van der Waals surface area (Å²) in [4.78, 5) is 8.75. The number of hydrogen-bond donors (Lipinski definition) is 0. The largest absolute Gasteiger partial charge is 0.479 e. The summed E-state index contributed by atoms with van der Waals surface area (Å²) >= 11 is 0. The number of aliphatic imine (C=N–C) groups is 2. The molecule has 0 spiro atoms. The standard InChI is InChI=1S/C12H16N2O4/c1-3-15-11(13-1)7-5-17-10-8(6-18-9(7)10)12-14-2-4-16-12/h7-10H,1-6H2. The van der Waals surface area contributed by atoms with E-state index >= 15 is 0 Å². The fourth-order valence-electron chi connectivity index (χ4n) is 3.07. The molecule has 4 atom stereocenters. The van der Waals surface area contributed by atoms with Crippen molar-refractivity contribution in [3.8, 4) is 0 Å². The van der Waals surface area contributed by atoms with Gasteiger partial charge in [-0.1, -0.05) is 0 Å². The third kappa shape index (κ3) is 1.55. The van der Waals surface area contributed by atoms with Gasteiger partial charge in [-0.3, -0.25) is 9.98 Å². The Morgan fingerprint density at radius 2 is 1.28 bits per heavy atom. The number of rotatable bonds is 2. The Bertz CT molecular complexity index is 371. The molecule has 2 fully saturated rings. The second-order valence-corrected chi connectivity index (χ2v) is 4.95. The van der Waals surface area contributed by atoms with Crippen molar-refractivity contribution in [1.82, 2.24) is 0 Å². The first kappa shape index (κ1) is 10.8. The number of fused-ring (bicyclic) bond motifs is 1. The molecule has 0 aliphatic carbocycles. The third-order valence-electron chi connectivity index (χ3n) is 3.91. The highest BCUT2D eigenvalue weighted by atomic mass is 16.6. The molecule has 6 heteroatoms. The molecule has 0 aromatic rings. The molecule has 6 nitrogen and oxygen atoms in total. The van der Waals surface area contributed by atoms with Crippen molar-refractivity contribution in [1.29, 1.82) is 0 Å². The fraction of sp³-hybridized carbons (Fsp3) is 0.833. The lowest BCUT2D eigenvalue weighted by atomic mass is 9.96. The van der Waals surface area contributed by atoms with E-state index in [1.54, 1.807) is 0 Å². The van der Waals surface area contributed by atoms with E-state index in [9.17, 15) is 0 Å². The average Bonchev–Trinajstić information content (AvgIpc) is 3.14. The topological polar surface area (TPSA) is 61.6 Å². The molecule has 0 saturated carbocycles. The quantitative estimate of drug-likeness (QED) is 0.687. The molecule has 0 N–H and O–H groups in total. The zero-order valence-electron chi connectivity index (χ0n) is 10.1. The second-order valence-electron chi connectivity index (χ2n) is 4.95. The van der Waals surface area contributed by atoms with Crippen LogP contribution in [0.25, 0.3) is 0 Å². The number of hydrogen-bond acceptors (Lipinski definition) is 6. The van der Waals surface area contributed by atoms with Gasteiger partial charge in [0.1, 0.15) is 13.2 Å². The second kappa shape index (κ2) is 4.20. The minimum Gasteiger partial charge on any atom is -0.479 e. The van der Waals surface area contributed by atoms with Gasteiger partial charge in [-0.05, 0) is 0 Å². The van der Waals surface area contributed by atoms with Crippen LogP contribution in [-0.2, 0) is 18.9 Å². The van der Waals surface area contributed by atoms with Gasteiger partial charge in [0.15, 0.2) is 11.8 Å². The molecule has 2 saturated heterocycles. The first-order chi connectivity index (χ1) is 8.93. The Balaban J connectivity index is 1.51. The zero-order chi connectivity index (χ0) is 11.9. The highest BCUT2D eigenvalue weighted by molar-refractivity contribution is 5.83. The molecule has 0 aromatic heterocycles.